The molecule has 0 unspecified atom stereocenters. The number of carbonyl (C=O) groups is 1. The quantitative estimate of drug-likeness (QED) is 0.322. The number of fused-ring (bicyclic) bond motifs is 1. The van der Waals surface area contributed by atoms with Crippen molar-refractivity contribution in [2.45, 2.75) is 24.7 Å². The van der Waals surface area contributed by atoms with E-state index in [1.54, 1.807) is 24.9 Å². The molecule has 0 saturated carbocycles. The fourth-order valence-electron chi connectivity index (χ4n) is 2.94. The molecule has 0 aromatic heterocycles. The smallest absolute Gasteiger partial charge is 0.270 e. The summed E-state index contributed by atoms with van der Waals surface area (Å²) in [4.78, 5) is 30.3. The number of benzodiazepines with no additional fused rings is 1. The molecule has 6 nitrogen and oxygen atoms in total. The summed E-state index contributed by atoms with van der Waals surface area (Å²) >= 11 is 1.75. The molecule has 2 aromatic carbocycles. The van der Waals surface area contributed by atoms with Gasteiger partial charge in [0.25, 0.3) is 5.69 Å². The molecule has 27 heavy (non-hydrogen) atoms. The van der Waals surface area contributed by atoms with E-state index < -0.39 is 4.92 Å². The highest BCUT2D eigenvalue weighted by atomic mass is 32.2. The normalized spacial score (nSPS) is 13.8. The van der Waals surface area contributed by atoms with E-state index in [9.17, 15) is 14.9 Å². The van der Waals surface area contributed by atoms with Crippen molar-refractivity contribution in [2.75, 3.05) is 24.2 Å². The molecular formula is C20H21N3O3S. The highest BCUT2D eigenvalue weighted by Crippen LogP contribution is 2.33. The second-order valence-electron chi connectivity index (χ2n) is 6.27. The molecule has 0 spiro atoms. The number of rotatable bonds is 6. The maximum Gasteiger partial charge on any atom is 0.270 e. The lowest BCUT2D eigenvalue weighted by atomic mass is 9.99. The van der Waals surface area contributed by atoms with E-state index in [0.717, 1.165) is 29.1 Å². The summed E-state index contributed by atoms with van der Waals surface area (Å²) in [6.45, 7) is 2.17. The van der Waals surface area contributed by atoms with Crippen molar-refractivity contribution in [1.82, 2.24) is 0 Å². The average molecular weight is 383 g/mol. The molecule has 0 radical (unpaired) electrons. The van der Waals surface area contributed by atoms with Crippen LogP contribution in [0.5, 0.6) is 0 Å². The van der Waals surface area contributed by atoms with Crippen molar-refractivity contribution in [3.8, 4) is 0 Å². The highest BCUT2D eigenvalue weighted by Gasteiger charge is 2.25. The van der Waals surface area contributed by atoms with Crippen LogP contribution in [-0.4, -0.2) is 35.9 Å². The van der Waals surface area contributed by atoms with Crippen LogP contribution in [0.2, 0.25) is 0 Å². The zero-order chi connectivity index (χ0) is 19.4. The first-order valence-electron chi connectivity index (χ1n) is 8.85. The fourth-order valence-corrected chi connectivity index (χ4v) is 4.08. The lowest BCUT2D eigenvalue weighted by molar-refractivity contribution is -0.384. The first-order valence-corrected chi connectivity index (χ1v) is 9.83. The van der Waals surface area contributed by atoms with E-state index in [4.69, 9.17) is 0 Å². The Morgan fingerprint density at radius 3 is 2.74 bits per heavy atom. The lowest BCUT2D eigenvalue weighted by Crippen LogP contribution is -2.27. The monoisotopic (exact) mass is 383 g/mol. The number of likely N-dealkylation sites (N-methyl/N-ethyl adjacent to an activating group) is 1. The van der Waals surface area contributed by atoms with E-state index in [-0.39, 0.29) is 18.1 Å². The highest BCUT2D eigenvalue weighted by molar-refractivity contribution is 7.99. The predicted molar refractivity (Wildman–Crippen MR) is 109 cm³/mol. The van der Waals surface area contributed by atoms with Crippen LogP contribution in [0.1, 0.15) is 30.9 Å². The number of thioether (sulfide) groups is 1. The summed E-state index contributed by atoms with van der Waals surface area (Å²) in [7, 11) is 1.67. The van der Waals surface area contributed by atoms with Gasteiger partial charge in [0.1, 0.15) is 6.54 Å². The lowest BCUT2D eigenvalue weighted by Gasteiger charge is -2.18. The largest absolute Gasteiger partial charge is 0.313 e. The Morgan fingerprint density at radius 1 is 1.22 bits per heavy atom. The Balaban J connectivity index is 2.14. The molecule has 1 amide bonds. The third kappa shape index (κ3) is 4.03. The van der Waals surface area contributed by atoms with Crippen molar-refractivity contribution in [1.29, 1.82) is 0 Å². The van der Waals surface area contributed by atoms with Crippen molar-refractivity contribution in [2.24, 2.45) is 4.99 Å². The van der Waals surface area contributed by atoms with Crippen LogP contribution in [0.25, 0.3) is 0 Å². The summed E-state index contributed by atoms with van der Waals surface area (Å²) in [5, 5.41) is 11.3. The van der Waals surface area contributed by atoms with Crippen LogP contribution in [-0.2, 0) is 4.79 Å². The third-order valence-corrected chi connectivity index (χ3v) is 5.61. The zero-order valence-corrected chi connectivity index (χ0v) is 16.2. The van der Waals surface area contributed by atoms with Crippen molar-refractivity contribution < 1.29 is 9.72 Å². The Bertz CT molecular complexity index is 911. The predicted octanol–water partition coefficient (Wildman–Crippen LogP) is 4.30. The van der Waals surface area contributed by atoms with Gasteiger partial charge in [-0.25, -0.2) is 0 Å². The van der Waals surface area contributed by atoms with Gasteiger partial charge < -0.3 is 4.90 Å². The van der Waals surface area contributed by atoms with Crippen molar-refractivity contribution in [3.05, 3.63) is 63.7 Å². The minimum absolute atomic E-state index is 0.0136. The fraction of sp³-hybridized carbons (Fsp3) is 0.300. The van der Waals surface area contributed by atoms with Crippen molar-refractivity contribution in [3.63, 3.8) is 0 Å². The summed E-state index contributed by atoms with van der Waals surface area (Å²) in [5.41, 5.74) is 2.77. The molecule has 0 fully saturated rings. The maximum absolute atomic E-state index is 12.3. The Kier molecular flexibility index (Phi) is 5.91. The van der Waals surface area contributed by atoms with Gasteiger partial charge in [-0.2, -0.15) is 0 Å². The van der Waals surface area contributed by atoms with Crippen LogP contribution in [0.4, 0.5) is 11.4 Å². The number of nitro benzene ring substituents is 1. The topological polar surface area (TPSA) is 75.8 Å². The van der Waals surface area contributed by atoms with E-state index in [0.29, 0.717) is 17.0 Å². The van der Waals surface area contributed by atoms with Crippen molar-refractivity contribution >= 4 is 34.8 Å². The summed E-state index contributed by atoms with van der Waals surface area (Å²) < 4.78 is 0. The van der Waals surface area contributed by atoms with E-state index in [2.05, 4.69) is 11.9 Å². The standard InChI is InChI=1S/C20H21N3O3S/c1-3-4-11-27-18-8-6-5-7-15(18)20-16-12-14(23(25)26)9-10-17(16)22(2)19(24)13-21-20/h5-10,12H,3-4,11,13H2,1-2H3. The van der Waals surface area contributed by atoms with Gasteiger partial charge in [0.2, 0.25) is 5.91 Å². The van der Waals surface area contributed by atoms with Gasteiger partial charge >= 0.3 is 0 Å². The average Bonchev–Trinajstić information content (AvgIpc) is 2.79. The molecule has 0 saturated heterocycles. The first-order chi connectivity index (χ1) is 13.0. The minimum Gasteiger partial charge on any atom is -0.313 e. The summed E-state index contributed by atoms with van der Waals surface area (Å²) in [6.07, 6.45) is 2.22. The number of nitrogens with zero attached hydrogens (tertiary/aromatic N) is 3. The number of carbonyl (C=O) groups excluding carboxylic acids is 1. The van der Waals surface area contributed by atoms with Gasteiger partial charge in [0.05, 0.1) is 16.3 Å². The van der Waals surface area contributed by atoms with Gasteiger partial charge in [-0.05, 0) is 24.3 Å². The second-order valence-corrected chi connectivity index (χ2v) is 7.41. The van der Waals surface area contributed by atoms with Crippen LogP contribution < -0.4 is 4.90 Å². The number of unbranched alkanes of at least 4 members (excludes halogenated alkanes) is 1. The van der Waals surface area contributed by atoms with Crippen LogP contribution in [0.15, 0.2) is 52.4 Å². The first kappa shape index (κ1) is 19.1. The molecule has 1 aliphatic rings. The number of hydrogen-bond donors (Lipinski definition) is 0. The van der Waals surface area contributed by atoms with Crippen LogP contribution in [0.3, 0.4) is 0 Å². The van der Waals surface area contributed by atoms with Crippen LogP contribution >= 0.6 is 11.8 Å². The number of anilines is 1. The SMILES string of the molecule is CCCCSc1ccccc1C1=NCC(=O)N(C)c2ccc([N+](=O)[O-])cc21. The summed E-state index contributed by atoms with van der Waals surface area (Å²) in [6, 6.07) is 12.5. The third-order valence-electron chi connectivity index (χ3n) is 4.45. The number of hydrogen-bond acceptors (Lipinski definition) is 5. The Hall–Kier alpha value is -2.67. The molecule has 3 rings (SSSR count). The second kappa shape index (κ2) is 8.35. The number of benzene rings is 2. The molecule has 7 heteroatoms. The molecule has 1 heterocycles. The summed E-state index contributed by atoms with van der Waals surface area (Å²) in [5.74, 6) is 0.845. The van der Waals surface area contributed by atoms with E-state index in [1.807, 2.05) is 24.3 Å². The maximum atomic E-state index is 12.3. The van der Waals surface area contributed by atoms with Gasteiger partial charge in [0.15, 0.2) is 0 Å². The molecular weight excluding hydrogens is 362 g/mol. The molecule has 0 bridgehead atoms. The molecule has 1 aliphatic heterocycles. The van der Waals surface area contributed by atoms with Gasteiger partial charge in [-0.15, -0.1) is 11.8 Å². The molecule has 0 aliphatic carbocycles. The Morgan fingerprint density at radius 2 is 2.00 bits per heavy atom. The van der Waals surface area contributed by atoms with Crippen LogP contribution in [0, 0.1) is 10.1 Å². The molecule has 140 valence electrons. The number of aliphatic imine (C=N–C) groups is 1. The molecule has 2 aromatic rings. The number of nitro groups is 1. The van der Waals surface area contributed by atoms with E-state index in [1.165, 1.54) is 17.0 Å². The molecule has 0 atom stereocenters. The number of amides is 1. The molecule has 0 N–H and O–H groups in total. The van der Waals surface area contributed by atoms with E-state index >= 15 is 0 Å². The Labute approximate surface area is 162 Å². The number of non-ortho nitro benzene ring substituents is 1. The zero-order valence-electron chi connectivity index (χ0n) is 15.3. The van der Waals surface area contributed by atoms with Gasteiger partial charge in [-0.3, -0.25) is 19.9 Å². The minimum atomic E-state index is -0.424. The van der Waals surface area contributed by atoms with Gasteiger partial charge in [-0.1, -0.05) is 31.5 Å². The van der Waals surface area contributed by atoms with Gasteiger partial charge in [0, 0.05) is 35.2 Å².